The summed E-state index contributed by atoms with van der Waals surface area (Å²) < 4.78 is 16.7. The van der Waals surface area contributed by atoms with Gasteiger partial charge in [0.15, 0.2) is 18.1 Å². The van der Waals surface area contributed by atoms with Gasteiger partial charge in [0.1, 0.15) is 5.75 Å². The number of aryl methyl sites for hydroxylation is 2. The highest BCUT2D eigenvalue weighted by atomic mass is 16.6. The molecule has 192 valence electrons. The third kappa shape index (κ3) is 7.24. The van der Waals surface area contributed by atoms with Gasteiger partial charge in [-0.1, -0.05) is 6.07 Å². The summed E-state index contributed by atoms with van der Waals surface area (Å²) in [6.45, 7) is 5.73. The topological polar surface area (TPSA) is 155 Å². The second-order valence-electron chi connectivity index (χ2n) is 7.74. The molecule has 3 rings (SSSR count). The number of benzene rings is 3. The van der Waals surface area contributed by atoms with Gasteiger partial charge in [0.05, 0.1) is 28.7 Å². The highest BCUT2D eigenvalue weighted by Crippen LogP contribution is 2.38. The van der Waals surface area contributed by atoms with Crippen LogP contribution in [0.4, 0.5) is 11.4 Å². The Morgan fingerprint density at radius 1 is 0.919 bits per heavy atom. The molecule has 0 bridgehead atoms. The van der Waals surface area contributed by atoms with Crippen molar-refractivity contribution in [1.29, 1.82) is 0 Å². The summed E-state index contributed by atoms with van der Waals surface area (Å²) in [6, 6.07) is 13.3. The van der Waals surface area contributed by atoms with E-state index < -0.39 is 27.1 Å². The summed E-state index contributed by atoms with van der Waals surface area (Å²) in [5, 5.41) is 26.3. The summed E-state index contributed by atoms with van der Waals surface area (Å²) in [6.07, 6.45) is 1.38. The maximum absolute atomic E-state index is 12.0. The molecule has 12 nitrogen and oxygen atoms in total. The fourth-order valence-electron chi connectivity index (χ4n) is 3.09. The van der Waals surface area contributed by atoms with Crippen molar-refractivity contribution in [1.82, 2.24) is 5.43 Å². The molecule has 0 heterocycles. The van der Waals surface area contributed by atoms with E-state index in [2.05, 4.69) is 10.5 Å². The molecule has 0 aliphatic rings. The smallest absolute Gasteiger partial charge is 0.318 e. The first-order valence-corrected chi connectivity index (χ1v) is 11.1. The molecule has 0 saturated heterocycles. The van der Waals surface area contributed by atoms with Crippen molar-refractivity contribution >= 4 is 23.5 Å². The molecule has 0 fully saturated rings. The molecule has 0 aliphatic heterocycles. The Hall–Kier alpha value is -5.00. The Morgan fingerprint density at radius 3 is 2.35 bits per heavy atom. The lowest BCUT2D eigenvalue weighted by Gasteiger charge is -2.12. The number of nitrogens with one attached hydrogen (secondary N) is 1. The number of hydrogen-bond acceptors (Lipinski definition) is 9. The van der Waals surface area contributed by atoms with Gasteiger partial charge in [0.25, 0.3) is 11.6 Å². The van der Waals surface area contributed by atoms with Crippen LogP contribution < -0.4 is 19.6 Å². The van der Waals surface area contributed by atoms with Crippen LogP contribution in [0.5, 0.6) is 23.0 Å². The summed E-state index contributed by atoms with van der Waals surface area (Å²) in [5.41, 5.74) is 4.09. The third-order valence-electron chi connectivity index (χ3n) is 5.09. The quantitative estimate of drug-likeness (QED) is 0.219. The number of nitro benzene ring substituents is 2. The minimum absolute atomic E-state index is 0.154. The first-order chi connectivity index (χ1) is 17.7. The fraction of sp³-hybridized carbons (Fsp3) is 0.200. The highest BCUT2D eigenvalue weighted by molar-refractivity contribution is 5.83. The second kappa shape index (κ2) is 12.1. The van der Waals surface area contributed by atoms with Crippen LogP contribution in [0.1, 0.15) is 23.6 Å². The molecule has 0 atom stereocenters. The molecule has 37 heavy (non-hydrogen) atoms. The van der Waals surface area contributed by atoms with Crippen molar-refractivity contribution in [2.75, 3.05) is 13.2 Å². The van der Waals surface area contributed by atoms with Gasteiger partial charge >= 0.3 is 5.69 Å². The number of amides is 1. The molecule has 0 aliphatic carbocycles. The highest BCUT2D eigenvalue weighted by Gasteiger charge is 2.22. The van der Waals surface area contributed by atoms with Crippen LogP contribution in [0.15, 0.2) is 59.7 Å². The van der Waals surface area contributed by atoms with Gasteiger partial charge in [-0.25, -0.2) is 5.43 Å². The van der Waals surface area contributed by atoms with E-state index in [-0.39, 0.29) is 30.5 Å². The average Bonchev–Trinajstić information content (AvgIpc) is 2.86. The van der Waals surface area contributed by atoms with Gasteiger partial charge in [-0.15, -0.1) is 0 Å². The van der Waals surface area contributed by atoms with Crippen LogP contribution in [-0.4, -0.2) is 35.2 Å². The van der Waals surface area contributed by atoms with Crippen molar-refractivity contribution in [3.8, 4) is 23.0 Å². The maximum Gasteiger partial charge on any atom is 0.318 e. The Labute approximate surface area is 211 Å². The van der Waals surface area contributed by atoms with Crippen molar-refractivity contribution in [3.05, 3.63) is 91.5 Å². The lowest BCUT2D eigenvalue weighted by atomic mass is 10.1. The molecule has 0 saturated carbocycles. The molecule has 0 unspecified atom stereocenters. The standard InChI is InChI=1S/C25H24N4O8/c1-4-35-24-12-18(14-26-27-25(30)15-36-20-8-5-16(2)17(3)11-20)6-9-23(24)37-22-10-7-19(28(31)32)13-21(22)29(33)34/h5-14H,4,15H2,1-3H3,(H,27,30)/b26-14+. The molecule has 1 amide bonds. The largest absolute Gasteiger partial charge is 0.490 e. The van der Waals surface area contributed by atoms with E-state index in [9.17, 15) is 25.0 Å². The number of ether oxygens (including phenoxy) is 3. The van der Waals surface area contributed by atoms with Crippen LogP contribution in [0.3, 0.4) is 0 Å². The van der Waals surface area contributed by atoms with Crippen LogP contribution in [-0.2, 0) is 4.79 Å². The number of non-ortho nitro benzene ring substituents is 1. The van der Waals surface area contributed by atoms with Crippen LogP contribution in [0.2, 0.25) is 0 Å². The Balaban J connectivity index is 1.68. The summed E-state index contributed by atoms with van der Waals surface area (Å²) in [5.74, 6) is 0.344. The van der Waals surface area contributed by atoms with Crippen LogP contribution >= 0.6 is 0 Å². The van der Waals surface area contributed by atoms with E-state index in [4.69, 9.17) is 14.2 Å². The number of carbonyl (C=O) groups is 1. The van der Waals surface area contributed by atoms with E-state index in [1.165, 1.54) is 12.3 Å². The number of rotatable bonds is 11. The molecule has 12 heteroatoms. The molecule has 0 spiro atoms. The van der Waals surface area contributed by atoms with Gasteiger partial charge in [-0.2, -0.15) is 5.10 Å². The third-order valence-corrected chi connectivity index (χ3v) is 5.09. The molecule has 1 N–H and O–H groups in total. The van der Waals surface area contributed by atoms with Crippen LogP contribution in [0.25, 0.3) is 0 Å². The van der Waals surface area contributed by atoms with Gasteiger partial charge in [-0.3, -0.25) is 25.0 Å². The number of hydrazone groups is 1. The van der Waals surface area contributed by atoms with Gasteiger partial charge in [0.2, 0.25) is 5.75 Å². The predicted octanol–water partition coefficient (Wildman–Crippen LogP) is 4.84. The zero-order chi connectivity index (χ0) is 26.9. The number of nitro groups is 2. The second-order valence-corrected chi connectivity index (χ2v) is 7.74. The summed E-state index contributed by atoms with van der Waals surface area (Å²) >= 11 is 0. The first kappa shape index (κ1) is 26.6. The Bertz CT molecular complexity index is 1360. The average molecular weight is 508 g/mol. The van der Waals surface area contributed by atoms with E-state index in [0.717, 1.165) is 29.3 Å². The minimum Gasteiger partial charge on any atom is -0.490 e. The zero-order valence-corrected chi connectivity index (χ0v) is 20.3. The monoisotopic (exact) mass is 508 g/mol. The number of nitrogens with zero attached hydrogens (tertiary/aromatic N) is 3. The van der Waals surface area contributed by atoms with Gasteiger partial charge < -0.3 is 14.2 Å². The SMILES string of the molecule is CCOc1cc(/C=N/NC(=O)COc2ccc(C)c(C)c2)ccc1Oc1ccc([N+](=O)[O-])cc1[N+](=O)[O-]. The predicted molar refractivity (Wildman–Crippen MR) is 135 cm³/mol. The van der Waals surface area contributed by atoms with E-state index in [0.29, 0.717) is 11.3 Å². The van der Waals surface area contributed by atoms with Crippen molar-refractivity contribution in [2.24, 2.45) is 5.10 Å². The van der Waals surface area contributed by atoms with E-state index in [1.54, 1.807) is 25.1 Å². The van der Waals surface area contributed by atoms with E-state index in [1.807, 2.05) is 26.0 Å². The van der Waals surface area contributed by atoms with Crippen molar-refractivity contribution in [2.45, 2.75) is 20.8 Å². The lowest BCUT2D eigenvalue weighted by molar-refractivity contribution is -0.394. The molecule has 3 aromatic rings. The lowest BCUT2D eigenvalue weighted by Crippen LogP contribution is -2.24. The fourth-order valence-corrected chi connectivity index (χ4v) is 3.09. The first-order valence-electron chi connectivity index (χ1n) is 11.1. The maximum atomic E-state index is 12.0. The summed E-state index contributed by atoms with van der Waals surface area (Å²) in [7, 11) is 0. The minimum atomic E-state index is -0.768. The number of carbonyl (C=O) groups excluding carboxylic acids is 1. The Kier molecular flexibility index (Phi) is 8.71. The van der Waals surface area contributed by atoms with Crippen LogP contribution in [0, 0.1) is 34.1 Å². The zero-order valence-electron chi connectivity index (χ0n) is 20.3. The summed E-state index contributed by atoms with van der Waals surface area (Å²) in [4.78, 5) is 32.9. The van der Waals surface area contributed by atoms with Gasteiger partial charge in [0, 0.05) is 6.07 Å². The Morgan fingerprint density at radius 2 is 1.68 bits per heavy atom. The molecular weight excluding hydrogens is 484 g/mol. The molecule has 0 aromatic heterocycles. The van der Waals surface area contributed by atoms with E-state index >= 15 is 0 Å². The van der Waals surface area contributed by atoms with Gasteiger partial charge in [-0.05, 0) is 73.9 Å². The molecular formula is C25H24N4O8. The normalized spacial score (nSPS) is 10.7. The molecule has 3 aromatic carbocycles. The van der Waals surface area contributed by atoms with Crippen molar-refractivity contribution in [3.63, 3.8) is 0 Å². The number of hydrogen-bond donors (Lipinski definition) is 1. The van der Waals surface area contributed by atoms with Crippen molar-refractivity contribution < 1.29 is 28.9 Å². The molecule has 0 radical (unpaired) electrons.